The topological polar surface area (TPSA) is 38.0 Å². The van der Waals surface area contributed by atoms with Gasteiger partial charge in [-0.25, -0.2) is 4.68 Å². The van der Waals surface area contributed by atoms with Gasteiger partial charge < -0.3 is 5.11 Å². The number of halogens is 1. The second-order valence-electron chi connectivity index (χ2n) is 4.50. The lowest BCUT2D eigenvalue weighted by molar-refractivity contribution is 0.199. The fourth-order valence-electron chi connectivity index (χ4n) is 2.12. The Morgan fingerprint density at radius 1 is 1.21 bits per heavy atom. The van der Waals surface area contributed by atoms with Crippen LogP contribution in [0.15, 0.2) is 48.7 Å². The Labute approximate surface area is 116 Å². The van der Waals surface area contributed by atoms with Crippen molar-refractivity contribution in [3.8, 4) is 5.69 Å². The van der Waals surface area contributed by atoms with Gasteiger partial charge in [0.2, 0.25) is 0 Å². The molecule has 0 unspecified atom stereocenters. The molecule has 1 aromatic heterocycles. The number of hydrogen-bond donors (Lipinski definition) is 1. The molecule has 4 heteroatoms. The predicted octanol–water partition coefficient (Wildman–Crippen LogP) is 3.73. The van der Waals surface area contributed by atoms with Crippen LogP contribution >= 0.6 is 11.6 Å². The zero-order valence-electron chi connectivity index (χ0n) is 10.4. The summed E-state index contributed by atoms with van der Waals surface area (Å²) < 4.78 is 1.81. The van der Waals surface area contributed by atoms with E-state index >= 15 is 0 Å². The first-order valence-electron chi connectivity index (χ1n) is 6.07. The molecule has 19 heavy (non-hydrogen) atoms. The van der Waals surface area contributed by atoms with E-state index in [-0.39, 0.29) is 0 Å². The van der Waals surface area contributed by atoms with Gasteiger partial charge in [0.1, 0.15) is 0 Å². The van der Waals surface area contributed by atoms with E-state index in [9.17, 15) is 5.11 Å². The smallest absolute Gasteiger partial charge is 0.0839 e. The molecule has 3 aromatic rings. The van der Waals surface area contributed by atoms with Crippen molar-refractivity contribution in [1.82, 2.24) is 9.78 Å². The first-order chi connectivity index (χ1) is 9.16. The number of nitrogens with zero attached hydrogens (tertiary/aromatic N) is 2. The normalized spacial score (nSPS) is 12.8. The fourth-order valence-corrected chi connectivity index (χ4v) is 2.39. The Hall–Kier alpha value is -1.84. The van der Waals surface area contributed by atoms with Crippen molar-refractivity contribution in [2.75, 3.05) is 0 Å². The molecular formula is C15H13ClN2O. The lowest BCUT2D eigenvalue weighted by Gasteiger charge is -2.10. The zero-order valence-corrected chi connectivity index (χ0v) is 11.2. The van der Waals surface area contributed by atoms with Crippen molar-refractivity contribution < 1.29 is 5.11 Å². The Bertz CT molecular complexity index is 734. The van der Waals surface area contributed by atoms with E-state index in [0.29, 0.717) is 5.02 Å². The van der Waals surface area contributed by atoms with Gasteiger partial charge in [0.25, 0.3) is 0 Å². The summed E-state index contributed by atoms with van der Waals surface area (Å²) in [6.45, 7) is 1.72. The average molecular weight is 273 g/mol. The predicted molar refractivity (Wildman–Crippen MR) is 76.7 cm³/mol. The number of para-hydroxylation sites is 1. The average Bonchev–Trinajstić information content (AvgIpc) is 2.82. The van der Waals surface area contributed by atoms with Gasteiger partial charge in [-0.05, 0) is 30.7 Å². The molecule has 0 aliphatic heterocycles. The number of rotatable bonds is 2. The van der Waals surface area contributed by atoms with E-state index in [4.69, 9.17) is 11.6 Å². The molecule has 3 rings (SSSR count). The molecular weight excluding hydrogens is 260 g/mol. The number of benzene rings is 2. The van der Waals surface area contributed by atoms with Crippen molar-refractivity contribution in [2.24, 2.45) is 0 Å². The SMILES string of the molecule is C[C@@H](O)c1ccc(-n2ncc3ccccc32)c(Cl)c1. The maximum absolute atomic E-state index is 9.56. The molecule has 0 amide bonds. The van der Waals surface area contributed by atoms with Gasteiger partial charge in [-0.15, -0.1) is 0 Å². The largest absolute Gasteiger partial charge is 0.389 e. The third kappa shape index (κ3) is 2.11. The zero-order chi connectivity index (χ0) is 13.4. The molecule has 1 heterocycles. The van der Waals surface area contributed by atoms with Crippen LogP contribution in [0.25, 0.3) is 16.6 Å². The molecule has 0 spiro atoms. The van der Waals surface area contributed by atoms with E-state index in [1.165, 1.54) is 0 Å². The highest BCUT2D eigenvalue weighted by Gasteiger charge is 2.10. The van der Waals surface area contributed by atoms with E-state index in [1.54, 1.807) is 13.0 Å². The van der Waals surface area contributed by atoms with Gasteiger partial charge in [-0.2, -0.15) is 5.10 Å². The lowest BCUT2D eigenvalue weighted by Crippen LogP contribution is -1.99. The summed E-state index contributed by atoms with van der Waals surface area (Å²) in [6, 6.07) is 13.5. The highest BCUT2D eigenvalue weighted by atomic mass is 35.5. The van der Waals surface area contributed by atoms with Crippen LogP contribution in [-0.2, 0) is 0 Å². The van der Waals surface area contributed by atoms with Gasteiger partial charge in [0.05, 0.1) is 28.5 Å². The van der Waals surface area contributed by atoms with E-state index in [0.717, 1.165) is 22.2 Å². The van der Waals surface area contributed by atoms with Crippen LogP contribution in [0.2, 0.25) is 5.02 Å². The summed E-state index contributed by atoms with van der Waals surface area (Å²) in [7, 11) is 0. The molecule has 0 aliphatic rings. The minimum atomic E-state index is -0.527. The summed E-state index contributed by atoms with van der Waals surface area (Å²) in [5.41, 5.74) is 2.62. The van der Waals surface area contributed by atoms with Gasteiger partial charge in [-0.1, -0.05) is 35.9 Å². The number of fused-ring (bicyclic) bond motifs is 1. The van der Waals surface area contributed by atoms with Crippen LogP contribution in [0.3, 0.4) is 0 Å². The molecule has 0 saturated heterocycles. The minimum Gasteiger partial charge on any atom is -0.389 e. The molecule has 0 aliphatic carbocycles. The van der Waals surface area contributed by atoms with Crippen molar-refractivity contribution in [2.45, 2.75) is 13.0 Å². The molecule has 0 radical (unpaired) electrons. The van der Waals surface area contributed by atoms with Crippen LogP contribution in [-0.4, -0.2) is 14.9 Å². The molecule has 96 valence electrons. The van der Waals surface area contributed by atoms with Crippen LogP contribution in [0.1, 0.15) is 18.6 Å². The number of aliphatic hydroxyl groups is 1. The quantitative estimate of drug-likeness (QED) is 0.772. The van der Waals surface area contributed by atoms with Gasteiger partial charge in [0, 0.05) is 5.39 Å². The van der Waals surface area contributed by atoms with Crippen molar-refractivity contribution in [3.05, 3.63) is 59.2 Å². The monoisotopic (exact) mass is 272 g/mol. The molecule has 1 atom stereocenters. The van der Waals surface area contributed by atoms with Crippen molar-refractivity contribution in [3.63, 3.8) is 0 Å². The molecule has 2 aromatic carbocycles. The third-order valence-electron chi connectivity index (χ3n) is 3.16. The molecule has 0 bridgehead atoms. The maximum atomic E-state index is 9.56. The third-order valence-corrected chi connectivity index (χ3v) is 3.46. The van der Waals surface area contributed by atoms with Gasteiger partial charge >= 0.3 is 0 Å². The molecule has 1 N–H and O–H groups in total. The number of aliphatic hydroxyl groups excluding tert-OH is 1. The van der Waals surface area contributed by atoms with E-state index in [2.05, 4.69) is 5.10 Å². The second kappa shape index (κ2) is 4.68. The van der Waals surface area contributed by atoms with Gasteiger partial charge in [-0.3, -0.25) is 0 Å². The number of hydrogen-bond acceptors (Lipinski definition) is 2. The highest BCUT2D eigenvalue weighted by molar-refractivity contribution is 6.32. The molecule has 3 nitrogen and oxygen atoms in total. The van der Waals surface area contributed by atoms with E-state index in [1.807, 2.05) is 47.3 Å². The maximum Gasteiger partial charge on any atom is 0.0839 e. The fraction of sp³-hybridized carbons (Fsp3) is 0.133. The Morgan fingerprint density at radius 2 is 2.00 bits per heavy atom. The first-order valence-corrected chi connectivity index (χ1v) is 6.45. The summed E-state index contributed by atoms with van der Waals surface area (Å²) in [6.07, 6.45) is 1.29. The van der Waals surface area contributed by atoms with Crippen LogP contribution in [0, 0.1) is 0 Å². The first kappa shape index (κ1) is 12.2. The van der Waals surface area contributed by atoms with E-state index < -0.39 is 6.10 Å². The summed E-state index contributed by atoms with van der Waals surface area (Å²) in [4.78, 5) is 0. The van der Waals surface area contributed by atoms with Gasteiger partial charge in [0.15, 0.2) is 0 Å². The Kier molecular flexibility index (Phi) is 3.01. The standard InChI is InChI=1S/C15H13ClN2O/c1-10(19)11-6-7-15(13(16)8-11)18-14-5-3-2-4-12(14)9-17-18/h2-10,19H,1H3/t10-/m1/s1. The van der Waals surface area contributed by atoms with Crippen molar-refractivity contribution in [1.29, 1.82) is 0 Å². The molecule has 0 fully saturated rings. The van der Waals surface area contributed by atoms with Crippen LogP contribution in [0.5, 0.6) is 0 Å². The molecule has 0 saturated carbocycles. The summed E-state index contributed by atoms with van der Waals surface area (Å²) >= 11 is 6.29. The Morgan fingerprint density at radius 3 is 2.74 bits per heavy atom. The lowest BCUT2D eigenvalue weighted by atomic mass is 10.1. The summed E-state index contributed by atoms with van der Waals surface area (Å²) in [5, 5.41) is 15.6. The highest BCUT2D eigenvalue weighted by Crippen LogP contribution is 2.27. The Balaban J connectivity index is 2.17. The second-order valence-corrected chi connectivity index (χ2v) is 4.91. The number of aromatic nitrogens is 2. The van der Waals surface area contributed by atoms with Crippen LogP contribution in [0.4, 0.5) is 0 Å². The van der Waals surface area contributed by atoms with Crippen molar-refractivity contribution >= 4 is 22.5 Å². The van der Waals surface area contributed by atoms with Crippen LogP contribution < -0.4 is 0 Å². The summed E-state index contributed by atoms with van der Waals surface area (Å²) in [5.74, 6) is 0. The minimum absolute atomic E-state index is 0.527.